The summed E-state index contributed by atoms with van der Waals surface area (Å²) in [4.78, 5) is 12.8. The average Bonchev–Trinajstić information content (AvgIpc) is 2.73. The van der Waals surface area contributed by atoms with Crippen molar-refractivity contribution in [2.75, 3.05) is 0 Å². The summed E-state index contributed by atoms with van der Waals surface area (Å²) < 4.78 is 0.864. The van der Waals surface area contributed by atoms with Crippen LogP contribution >= 0.6 is 23.1 Å². The van der Waals surface area contributed by atoms with Gasteiger partial charge < -0.3 is 10.9 Å². The average molecular weight is 281 g/mol. The smallest absolute Gasteiger partial charge is 0.195 e. The molecule has 2 rings (SSSR count). The zero-order valence-corrected chi connectivity index (χ0v) is 11.4. The standard InChI is InChI=1S/C10H11N5OS2/c1-5-3-7(8(11)15-16)14-9(12-5)18-10-13-6(2)4-17-10/h3-4,16H,1-2H3,(H2,11,15). The van der Waals surface area contributed by atoms with Crippen LogP contribution in [0.5, 0.6) is 0 Å². The number of nitrogens with zero attached hydrogens (tertiary/aromatic N) is 4. The number of amidine groups is 1. The number of hydrogen-bond donors (Lipinski definition) is 2. The molecule has 94 valence electrons. The highest BCUT2D eigenvalue weighted by Gasteiger charge is 2.09. The van der Waals surface area contributed by atoms with E-state index < -0.39 is 0 Å². The molecule has 0 unspecified atom stereocenters. The molecule has 0 radical (unpaired) electrons. The van der Waals surface area contributed by atoms with Crippen molar-refractivity contribution in [1.29, 1.82) is 0 Å². The Morgan fingerprint density at radius 1 is 1.33 bits per heavy atom. The van der Waals surface area contributed by atoms with Crippen LogP contribution in [-0.2, 0) is 0 Å². The molecule has 0 fully saturated rings. The molecule has 3 N–H and O–H groups in total. The van der Waals surface area contributed by atoms with E-state index in [-0.39, 0.29) is 5.84 Å². The lowest BCUT2D eigenvalue weighted by molar-refractivity contribution is 0.318. The molecule has 2 aromatic heterocycles. The van der Waals surface area contributed by atoms with Crippen LogP contribution < -0.4 is 5.73 Å². The predicted molar refractivity (Wildman–Crippen MR) is 70.3 cm³/mol. The van der Waals surface area contributed by atoms with Crippen LogP contribution in [0.25, 0.3) is 0 Å². The zero-order valence-electron chi connectivity index (χ0n) is 9.78. The number of thiazole rings is 1. The highest BCUT2D eigenvalue weighted by Crippen LogP contribution is 2.27. The van der Waals surface area contributed by atoms with Gasteiger partial charge in [-0.2, -0.15) is 0 Å². The summed E-state index contributed by atoms with van der Waals surface area (Å²) in [5, 5.41) is 14.1. The van der Waals surface area contributed by atoms with E-state index in [2.05, 4.69) is 20.1 Å². The monoisotopic (exact) mass is 281 g/mol. The molecule has 0 bridgehead atoms. The van der Waals surface area contributed by atoms with Gasteiger partial charge in [0.1, 0.15) is 5.69 Å². The van der Waals surface area contributed by atoms with Gasteiger partial charge in [-0.25, -0.2) is 15.0 Å². The molecule has 0 aliphatic carbocycles. The van der Waals surface area contributed by atoms with Crippen LogP contribution in [0, 0.1) is 13.8 Å². The quantitative estimate of drug-likeness (QED) is 0.293. The number of oxime groups is 1. The summed E-state index contributed by atoms with van der Waals surface area (Å²) >= 11 is 2.89. The molecule has 0 saturated heterocycles. The summed E-state index contributed by atoms with van der Waals surface area (Å²) in [7, 11) is 0. The second-order valence-corrected chi connectivity index (χ2v) is 5.59. The van der Waals surface area contributed by atoms with E-state index in [9.17, 15) is 0 Å². The van der Waals surface area contributed by atoms with Gasteiger partial charge in [-0.1, -0.05) is 5.16 Å². The Morgan fingerprint density at radius 2 is 2.11 bits per heavy atom. The SMILES string of the molecule is Cc1cc(/C(N)=N/O)nc(Sc2nc(C)cs2)n1. The lowest BCUT2D eigenvalue weighted by atomic mass is 10.3. The van der Waals surface area contributed by atoms with Crippen LogP contribution in [0.4, 0.5) is 0 Å². The summed E-state index contributed by atoms with van der Waals surface area (Å²) in [5.41, 5.74) is 7.64. The minimum atomic E-state index is -0.0299. The number of hydrogen-bond acceptors (Lipinski definition) is 7. The van der Waals surface area contributed by atoms with Crippen LogP contribution in [0.15, 0.2) is 26.1 Å². The van der Waals surface area contributed by atoms with Gasteiger partial charge in [0.2, 0.25) is 0 Å². The van der Waals surface area contributed by atoms with E-state index in [1.54, 1.807) is 6.07 Å². The normalized spacial score (nSPS) is 11.8. The molecule has 0 amide bonds. The lowest BCUT2D eigenvalue weighted by Crippen LogP contribution is -2.16. The second kappa shape index (κ2) is 5.32. The van der Waals surface area contributed by atoms with E-state index in [4.69, 9.17) is 10.9 Å². The van der Waals surface area contributed by atoms with Gasteiger partial charge in [-0.3, -0.25) is 0 Å². The highest BCUT2D eigenvalue weighted by molar-refractivity contribution is 8.00. The largest absolute Gasteiger partial charge is 0.409 e. The van der Waals surface area contributed by atoms with Gasteiger partial charge in [0.25, 0.3) is 0 Å². The molecule has 0 aromatic carbocycles. The maximum Gasteiger partial charge on any atom is 0.195 e. The topological polar surface area (TPSA) is 97.3 Å². The predicted octanol–water partition coefficient (Wildman–Crippen LogP) is 1.80. The number of nitrogens with two attached hydrogens (primary N) is 1. The molecule has 0 atom stereocenters. The van der Waals surface area contributed by atoms with Crippen molar-refractivity contribution in [3.05, 3.63) is 28.5 Å². The van der Waals surface area contributed by atoms with Gasteiger partial charge in [-0.15, -0.1) is 11.3 Å². The second-order valence-electron chi connectivity index (χ2n) is 3.52. The summed E-state index contributed by atoms with van der Waals surface area (Å²) in [6, 6.07) is 1.66. The molecule has 6 nitrogen and oxygen atoms in total. The Labute approximate surface area is 112 Å². The molecule has 0 saturated carbocycles. The van der Waals surface area contributed by atoms with Crippen molar-refractivity contribution < 1.29 is 5.21 Å². The first-order valence-electron chi connectivity index (χ1n) is 5.02. The Morgan fingerprint density at radius 3 is 2.72 bits per heavy atom. The van der Waals surface area contributed by atoms with Crippen LogP contribution in [0.3, 0.4) is 0 Å². The van der Waals surface area contributed by atoms with Crippen molar-refractivity contribution in [1.82, 2.24) is 15.0 Å². The Bertz CT molecular complexity index is 596. The Balaban J connectivity index is 2.31. The van der Waals surface area contributed by atoms with Crippen LogP contribution in [-0.4, -0.2) is 26.0 Å². The fourth-order valence-electron chi connectivity index (χ4n) is 1.23. The first kappa shape index (κ1) is 12.8. The number of aromatic nitrogens is 3. The van der Waals surface area contributed by atoms with Crippen LogP contribution in [0.2, 0.25) is 0 Å². The van der Waals surface area contributed by atoms with Crippen LogP contribution in [0.1, 0.15) is 17.1 Å². The van der Waals surface area contributed by atoms with Gasteiger partial charge in [-0.05, 0) is 31.7 Å². The van der Waals surface area contributed by atoms with E-state index in [0.717, 1.165) is 15.7 Å². The third kappa shape index (κ3) is 2.96. The first-order chi connectivity index (χ1) is 8.58. The maximum absolute atomic E-state index is 8.65. The number of rotatable bonds is 3. The third-order valence-electron chi connectivity index (χ3n) is 1.98. The molecule has 0 aliphatic heterocycles. The van der Waals surface area contributed by atoms with Crippen molar-refractivity contribution in [2.24, 2.45) is 10.9 Å². The van der Waals surface area contributed by atoms with Gasteiger partial charge in [0, 0.05) is 16.8 Å². The van der Waals surface area contributed by atoms with E-state index in [0.29, 0.717) is 10.9 Å². The molecule has 2 heterocycles. The fraction of sp³-hybridized carbons (Fsp3) is 0.200. The van der Waals surface area contributed by atoms with Crippen molar-refractivity contribution in [3.63, 3.8) is 0 Å². The highest BCUT2D eigenvalue weighted by atomic mass is 32.2. The van der Waals surface area contributed by atoms with Gasteiger partial charge in [0.05, 0.1) is 0 Å². The van der Waals surface area contributed by atoms with Crippen molar-refractivity contribution in [2.45, 2.75) is 23.3 Å². The van der Waals surface area contributed by atoms with E-state index in [1.165, 1.54) is 23.1 Å². The van der Waals surface area contributed by atoms with E-state index in [1.807, 2.05) is 19.2 Å². The van der Waals surface area contributed by atoms with Gasteiger partial charge >= 0.3 is 0 Å². The minimum Gasteiger partial charge on any atom is -0.409 e. The zero-order chi connectivity index (χ0) is 13.1. The summed E-state index contributed by atoms with van der Waals surface area (Å²) in [5.74, 6) is -0.0299. The molecular weight excluding hydrogens is 270 g/mol. The molecule has 2 aromatic rings. The Hall–Kier alpha value is -1.67. The molecular formula is C10H11N5OS2. The van der Waals surface area contributed by atoms with Gasteiger partial charge in [0.15, 0.2) is 15.3 Å². The first-order valence-corrected chi connectivity index (χ1v) is 6.71. The molecule has 8 heteroatoms. The van der Waals surface area contributed by atoms with E-state index >= 15 is 0 Å². The molecule has 0 spiro atoms. The lowest BCUT2D eigenvalue weighted by Gasteiger charge is -2.02. The Kier molecular flexibility index (Phi) is 3.78. The molecule has 0 aliphatic rings. The van der Waals surface area contributed by atoms with Crippen molar-refractivity contribution >= 4 is 28.9 Å². The van der Waals surface area contributed by atoms with Crippen molar-refractivity contribution in [3.8, 4) is 0 Å². The summed E-state index contributed by atoms with van der Waals surface area (Å²) in [6.07, 6.45) is 0. The number of aryl methyl sites for hydroxylation is 2. The fourth-order valence-corrected chi connectivity index (χ4v) is 2.99. The third-order valence-corrected chi connectivity index (χ3v) is 3.90. The summed E-state index contributed by atoms with van der Waals surface area (Å²) in [6.45, 7) is 3.76. The minimum absolute atomic E-state index is 0.0299. The maximum atomic E-state index is 8.65. The molecule has 18 heavy (non-hydrogen) atoms.